The number of benzene rings is 1. The molecule has 2 aromatic rings. The van der Waals surface area contributed by atoms with Crippen molar-refractivity contribution < 1.29 is 9.47 Å². The third kappa shape index (κ3) is 2.52. The molecule has 0 aliphatic carbocycles. The lowest BCUT2D eigenvalue weighted by Crippen LogP contribution is -2.24. The minimum atomic E-state index is 0.350. The van der Waals surface area contributed by atoms with Gasteiger partial charge in [-0.3, -0.25) is 0 Å². The van der Waals surface area contributed by atoms with Crippen LogP contribution < -0.4 is 14.4 Å². The molecule has 0 saturated heterocycles. The average molecular weight is 297 g/mol. The van der Waals surface area contributed by atoms with E-state index in [-0.39, 0.29) is 0 Å². The highest BCUT2D eigenvalue weighted by atomic mass is 16.6. The van der Waals surface area contributed by atoms with E-state index in [9.17, 15) is 0 Å². The number of hydrogen-bond donors (Lipinski definition) is 0. The fourth-order valence-electron chi connectivity index (χ4n) is 2.76. The summed E-state index contributed by atoms with van der Waals surface area (Å²) in [5, 5.41) is 10.1. The molecule has 1 aromatic carbocycles. The molecule has 0 saturated carbocycles. The summed E-state index contributed by atoms with van der Waals surface area (Å²) in [6.45, 7) is 7.03. The van der Waals surface area contributed by atoms with Gasteiger partial charge in [0.15, 0.2) is 11.5 Å². The van der Waals surface area contributed by atoms with E-state index in [1.807, 2.05) is 18.2 Å². The highest BCUT2D eigenvalue weighted by Crippen LogP contribution is 2.35. The second-order valence-corrected chi connectivity index (χ2v) is 5.17. The summed E-state index contributed by atoms with van der Waals surface area (Å²) in [6, 6.07) is 8.14. The topological polar surface area (TPSA) is 58.4 Å². The summed E-state index contributed by atoms with van der Waals surface area (Å²) in [5.41, 5.74) is 1.82. The van der Waals surface area contributed by atoms with Crippen LogP contribution in [-0.4, -0.2) is 31.3 Å². The number of aromatic nitrogens is 1. The summed E-state index contributed by atoms with van der Waals surface area (Å²) in [6.07, 6.45) is 0.350. The molecule has 0 amide bonds. The molecule has 1 aliphatic heterocycles. The van der Waals surface area contributed by atoms with Gasteiger partial charge >= 0.3 is 0 Å². The molecule has 3 rings (SSSR count). The van der Waals surface area contributed by atoms with Crippen molar-refractivity contribution in [2.24, 2.45) is 0 Å². The molecule has 0 radical (unpaired) electrons. The van der Waals surface area contributed by atoms with E-state index in [2.05, 4.69) is 24.8 Å². The lowest BCUT2D eigenvalue weighted by Gasteiger charge is -2.24. The van der Waals surface area contributed by atoms with E-state index in [4.69, 9.17) is 19.7 Å². The number of rotatable bonds is 4. The highest BCUT2D eigenvalue weighted by Gasteiger charge is 2.17. The van der Waals surface area contributed by atoms with E-state index in [0.29, 0.717) is 19.6 Å². The van der Waals surface area contributed by atoms with Crippen LogP contribution in [0, 0.1) is 11.3 Å². The van der Waals surface area contributed by atoms with Crippen LogP contribution in [0.25, 0.3) is 10.9 Å². The van der Waals surface area contributed by atoms with Gasteiger partial charge in [0.25, 0.3) is 0 Å². The molecule has 0 fully saturated rings. The van der Waals surface area contributed by atoms with Gasteiger partial charge < -0.3 is 14.4 Å². The van der Waals surface area contributed by atoms with Gasteiger partial charge in [-0.2, -0.15) is 5.26 Å². The summed E-state index contributed by atoms with van der Waals surface area (Å²) < 4.78 is 11.3. The molecule has 0 atom stereocenters. The van der Waals surface area contributed by atoms with Crippen molar-refractivity contribution >= 4 is 16.7 Å². The maximum Gasteiger partial charge on any atom is 0.163 e. The molecule has 1 aliphatic rings. The predicted molar refractivity (Wildman–Crippen MR) is 85.6 cm³/mol. The lowest BCUT2D eigenvalue weighted by molar-refractivity contribution is 0.172. The van der Waals surface area contributed by atoms with E-state index < -0.39 is 0 Å². The van der Waals surface area contributed by atoms with Crippen molar-refractivity contribution in [2.75, 3.05) is 31.2 Å². The van der Waals surface area contributed by atoms with Crippen LogP contribution >= 0.6 is 0 Å². The minimum absolute atomic E-state index is 0.350. The Bertz CT molecular complexity index is 733. The standard InChI is InChI=1S/C17H19N3O2/c1-3-20(4-2)17-12(5-6-18)9-13-10-15-16(11-14(13)19-17)22-8-7-21-15/h9-11H,3-5,7-8H2,1-2H3. The molecule has 0 bridgehead atoms. The number of anilines is 1. The van der Waals surface area contributed by atoms with Gasteiger partial charge in [-0.25, -0.2) is 4.98 Å². The monoisotopic (exact) mass is 297 g/mol. The van der Waals surface area contributed by atoms with Crippen molar-refractivity contribution in [3.05, 3.63) is 23.8 Å². The van der Waals surface area contributed by atoms with Crippen molar-refractivity contribution in [3.63, 3.8) is 0 Å². The van der Waals surface area contributed by atoms with E-state index in [0.717, 1.165) is 46.9 Å². The van der Waals surface area contributed by atoms with Gasteiger partial charge in [-0.15, -0.1) is 0 Å². The lowest BCUT2D eigenvalue weighted by atomic mass is 10.1. The molecule has 114 valence electrons. The maximum absolute atomic E-state index is 9.09. The Morgan fingerprint density at radius 2 is 1.82 bits per heavy atom. The van der Waals surface area contributed by atoms with Gasteiger partial charge in [0.1, 0.15) is 19.0 Å². The number of nitriles is 1. The second-order valence-electron chi connectivity index (χ2n) is 5.17. The highest BCUT2D eigenvalue weighted by molar-refractivity contribution is 5.85. The summed E-state index contributed by atoms with van der Waals surface area (Å²) >= 11 is 0. The molecule has 0 unspecified atom stereocenters. The normalized spacial score (nSPS) is 13.0. The Hall–Kier alpha value is -2.48. The Kier molecular flexibility index (Phi) is 4.01. The second kappa shape index (κ2) is 6.10. The Balaban J connectivity index is 2.17. The number of ether oxygens (including phenoxy) is 2. The molecule has 5 heteroatoms. The van der Waals surface area contributed by atoms with Crippen molar-refractivity contribution in [3.8, 4) is 17.6 Å². The smallest absolute Gasteiger partial charge is 0.163 e. The zero-order valence-corrected chi connectivity index (χ0v) is 12.9. The number of hydrogen-bond acceptors (Lipinski definition) is 5. The zero-order valence-electron chi connectivity index (χ0n) is 12.9. The molecule has 2 heterocycles. The predicted octanol–water partition coefficient (Wildman–Crippen LogP) is 2.92. The fraction of sp³-hybridized carbons (Fsp3) is 0.412. The van der Waals surface area contributed by atoms with Gasteiger partial charge in [-0.05, 0) is 26.0 Å². The molecular formula is C17H19N3O2. The van der Waals surface area contributed by atoms with E-state index >= 15 is 0 Å². The molecule has 5 nitrogen and oxygen atoms in total. The first-order valence-corrected chi connectivity index (χ1v) is 7.62. The summed E-state index contributed by atoms with van der Waals surface area (Å²) in [7, 11) is 0. The minimum Gasteiger partial charge on any atom is -0.486 e. The molecule has 22 heavy (non-hydrogen) atoms. The largest absolute Gasteiger partial charge is 0.486 e. The molecular weight excluding hydrogens is 278 g/mol. The Morgan fingerprint density at radius 3 is 2.45 bits per heavy atom. The number of fused-ring (bicyclic) bond motifs is 2. The van der Waals surface area contributed by atoms with Crippen molar-refractivity contribution in [2.45, 2.75) is 20.3 Å². The van der Waals surface area contributed by atoms with Crippen LogP contribution in [0.5, 0.6) is 11.5 Å². The van der Waals surface area contributed by atoms with Crippen LogP contribution in [0.4, 0.5) is 5.82 Å². The molecule has 1 aromatic heterocycles. The van der Waals surface area contributed by atoms with Gasteiger partial charge in [0.2, 0.25) is 0 Å². The average Bonchev–Trinajstić information content (AvgIpc) is 2.54. The summed E-state index contributed by atoms with van der Waals surface area (Å²) in [4.78, 5) is 6.95. The van der Waals surface area contributed by atoms with Crippen LogP contribution in [0.1, 0.15) is 19.4 Å². The van der Waals surface area contributed by atoms with Gasteiger partial charge in [0.05, 0.1) is 18.0 Å². The van der Waals surface area contributed by atoms with Crippen LogP contribution in [0.2, 0.25) is 0 Å². The SMILES string of the molecule is CCN(CC)c1nc2cc3c(cc2cc1CC#N)OCCO3. The number of pyridine rings is 1. The maximum atomic E-state index is 9.09. The van der Waals surface area contributed by atoms with E-state index in [1.165, 1.54) is 0 Å². The Morgan fingerprint density at radius 1 is 1.14 bits per heavy atom. The summed E-state index contributed by atoms with van der Waals surface area (Å²) in [5.74, 6) is 2.37. The van der Waals surface area contributed by atoms with Crippen molar-refractivity contribution in [1.29, 1.82) is 5.26 Å². The van der Waals surface area contributed by atoms with Crippen LogP contribution in [0.3, 0.4) is 0 Å². The first-order chi connectivity index (χ1) is 10.8. The molecule has 0 spiro atoms. The first kappa shape index (κ1) is 14.5. The Labute approximate surface area is 130 Å². The molecule has 0 N–H and O–H groups in total. The first-order valence-electron chi connectivity index (χ1n) is 7.62. The zero-order chi connectivity index (χ0) is 15.5. The van der Waals surface area contributed by atoms with Crippen molar-refractivity contribution in [1.82, 2.24) is 4.98 Å². The van der Waals surface area contributed by atoms with Crippen LogP contribution in [0.15, 0.2) is 18.2 Å². The quantitative estimate of drug-likeness (QED) is 0.868. The number of nitrogens with zero attached hydrogens (tertiary/aromatic N) is 3. The third-order valence-electron chi connectivity index (χ3n) is 3.87. The van der Waals surface area contributed by atoms with Gasteiger partial charge in [0, 0.05) is 30.1 Å². The van der Waals surface area contributed by atoms with Gasteiger partial charge in [-0.1, -0.05) is 0 Å². The van der Waals surface area contributed by atoms with Crippen LogP contribution in [-0.2, 0) is 6.42 Å². The van der Waals surface area contributed by atoms with E-state index in [1.54, 1.807) is 0 Å². The fourth-order valence-corrected chi connectivity index (χ4v) is 2.76. The third-order valence-corrected chi connectivity index (χ3v) is 3.87.